The first-order valence-corrected chi connectivity index (χ1v) is 5.85. The molecule has 0 saturated carbocycles. The zero-order valence-corrected chi connectivity index (χ0v) is 10.7. The molecule has 4 N–H and O–H groups in total. The number of hydrogen-bond acceptors (Lipinski definition) is 4. The van der Waals surface area contributed by atoms with Gasteiger partial charge in [-0.15, -0.1) is 0 Å². The number of anilines is 2. The molecule has 6 heteroatoms. The molecule has 19 heavy (non-hydrogen) atoms. The van der Waals surface area contributed by atoms with Gasteiger partial charge in [0.25, 0.3) is 0 Å². The van der Waals surface area contributed by atoms with Crippen molar-refractivity contribution < 1.29 is 9.18 Å². The van der Waals surface area contributed by atoms with Crippen LogP contribution < -0.4 is 16.4 Å². The lowest BCUT2D eigenvalue weighted by atomic mass is 10.1. The predicted molar refractivity (Wildman–Crippen MR) is 73.3 cm³/mol. The normalized spacial score (nSPS) is 12.2. The Morgan fingerprint density at radius 3 is 2.95 bits per heavy atom. The predicted octanol–water partition coefficient (Wildman–Crippen LogP) is 1.50. The largest absolute Gasteiger partial charge is 0.398 e. The number of pyridine rings is 1. The molecule has 1 unspecified atom stereocenters. The number of nitrogens with one attached hydrogen (secondary N) is 2. The molecule has 0 spiro atoms. The number of hydrogen-bond donors (Lipinski definition) is 3. The summed E-state index contributed by atoms with van der Waals surface area (Å²) in [6.45, 7) is 1.64. The van der Waals surface area contributed by atoms with Gasteiger partial charge in [0.2, 0.25) is 5.91 Å². The number of aromatic nitrogens is 1. The maximum atomic E-state index is 14.0. The maximum absolute atomic E-state index is 14.0. The third-order valence-corrected chi connectivity index (χ3v) is 2.88. The number of nitrogen functional groups attached to an aromatic ring is 1. The number of nitrogens with zero attached hydrogens (tertiary/aromatic N) is 1. The number of benzene rings is 1. The van der Waals surface area contributed by atoms with Gasteiger partial charge in [-0.1, -0.05) is 0 Å². The second kappa shape index (κ2) is 5.09. The Kier molecular flexibility index (Phi) is 3.50. The molecule has 1 aromatic carbocycles. The molecule has 0 bridgehead atoms. The third kappa shape index (κ3) is 2.42. The van der Waals surface area contributed by atoms with Crippen molar-refractivity contribution in [1.29, 1.82) is 0 Å². The molecule has 0 saturated heterocycles. The smallest absolute Gasteiger partial charge is 0.241 e. The maximum Gasteiger partial charge on any atom is 0.241 e. The minimum atomic E-state index is -0.576. The van der Waals surface area contributed by atoms with E-state index in [1.165, 1.54) is 13.1 Å². The van der Waals surface area contributed by atoms with Crippen molar-refractivity contribution in [1.82, 2.24) is 10.3 Å². The highest BCUT2D eigenvalue weighted by Crippen LogP contribution is 2.29. The standard InChI is InChI=1S/C13H15FN4O/c1-7(13(19)16-2)18-12-9(14)6-10(15)8-4-3-5-17-11(8)12/h3-7,18H,15H2,1-2H3,(H,16,19). The number of carbonyl (C=O) groups is 1. The quantitative estimate of drug-likeness (QED) is 0.732. The molecule has 1 amide bonds. The molecule has 0 fully saturated rings. The SMILES string of the molecule is CNC(=O)C(C)Nc1c(F)cc(N)c2cccnc12. The highest BCUT2D eigenvalue weighted by atomic mass is 19.1. The summed E-state index contributed by atoms with van der Waals surface area (Å²) < 4.78 is 14.0. The topological polar surface area (TPSA) is 80.0 Å². The molecule has 1 heterocycles. The summed E-state index contributed by atoms with van der Waals surface area (Å²) in [6, 6.07) is 4.13. The molecule has 100 valence electrons. The van der Waals surface area contributed by atoms with Crippen LogP contribution in [0.3, 0.4) is 0 Å². The van der Waals surface area contributed by atoms with Crippen LogP contribution in [-0.2, 0) is 4.79 Å². The average molecular weight is 262 g/mol. The summed E-state index contributed by atoms with van der Waals surface area (Å²) in [6.07, 6.45) is 1.55. The molecule has 2 aromatic rings. The van der Waals surface area contributed by atoms with Crippen molar-refractivity contribution in [2.75, 3.05) is 18.1 Å². The highest BCUT2D eigenvalue weighted by molar-refractivity contribution is 5.99. The molecule has 1 atom stereocenters. The van der Waals surface area contributed by atoms with E-state index in [0.29, 0.717) is 16.6 Å². The second-order valence-electron chi connectivity index (χ2n) is 4.20. The molecule has 2 rings (SSSR count). The van der Waals surface area contributed by atoms with E-state index in [9.17, 15) is 9.18 Å². The van der Waals surface area contributed by atoms with Crippen molar-refractivity contribution in [3.05, 3.63) is 30.2 Å². The lowest BCUT2D eigenvalue weighted by Crippen LogP contribution is -2.35. The van der Waals surface area contributed by atoms with Gasteiger partial charge < -0.3 is 16.4 Å². The molecule has 0 aliphatic rings. The fourth-order valence-corrected chi connectivity index (χ4v) is 1.87. The number of likely N-dealkylation sites (N-methyl/N-ethyl adjacent to an activating group) is 1. The Bertz CT molecular complexity index is 629. The van der Waals surface area contributed by atoms with Gasteiger partial charge in [-0.2, -0.15) is 0 Å². The Hall–Kier alpha value is -2.37. The summed E-state index contributed by atoms with van der Waals surface area (Å²) in [5.41, 5.74) is 6.67. The van der Waals surface area contributed by atoms with Gasteiger partial charge in [0.1, 0.15) is 6.04 Å². The number of fused-ring (bicyclic) bond motifs is 1. The van der Waals surface area contributed by atoms with Gasteiger partial charge in [-0.05, 0) is 25.1 Å². The van der Waals surface area contributed by atoms with E-state index in [2.05, 4.69) is 15.6 Å². The molecule has 0 aliphatic heterocycles. The van der Waals surface area contributed by atoms with Crippen LogP contribution in [0.15, 0.2) is 24.4 Å². The molecular weight excluding hydrogens is 247 g/mol. The van der Waals surface area contributed by atoms with Crippen molar-refractivity contribution in [2.24, 2.45) is 0 Å². The minimum Gasteiger partial charge on any atom is -0.398 e. The highest BCUT2D eigenvalue weighted by Gasteiger charge is 2.17. The second-order valence-corrected chi connectivity index (χ2v) is 4.20. The number of halogens is 1. The first-order valence-electron chi connectivity index (χ1n) is 5.85. The van der Waals surface area contributed by atoms with Crippen LogP contribution in [0.1, 0.15) is 6.92 Å². The molecular formula is C13H15FN4O. The first-order chi connectivity index (χ1) is 9.04. The van der Waals surface area contributed by atoms with Crippen LogP contribution in [0.5, 0.6) is 0 Å². The molecule has 5 nitrogen and oxygen atoms in total. The fraction of sp³-hybridized carbons (Fsp3) is 0.231. The van der Waals surface area contributed by atoms with Crippen LogP contribution in [0, 0.1) is 5.82 Å². The Balaban J connectivity index is 2.51. The zero-order valence-electron chi connectivity index (χ0n) is 10.7. The van der Waals surface area contributed by atoms with Crippen molar-refractivity contribution in [3.63, 3.8) is 0 Å². The van der Waals surface area contributed by atoms with Gasteiger partial charge in [-0.3, -0.25) is 9.78 Å². The van der Waals surface area contributed by atoms with E-state index >= 15 is 0 Å². The van der Waals surface area contributed by atoms with E-state index in [1.54, 1.807) is 25.3 Å². The van der Waals surface area contributed by atoms with Crippen molar-refractivity contribution >= 4 is 28.2 Å². The van der Waals surface area contributed by atoms with Crippen molar-refractivity contribution in [2.45, 2.75) is 13.0 Å². The average Bonchev–Trinajstić information content (AvgIpc) is 2.42. The number of carbonyl (C=O) groups excluding carboxylic acids is 1. The third-order valence-electron chi connectivity index (χ3n) is 2.88. The summed E-state index contributed by atoms with van der Waals surface area (Å²) in [7, 11) is 1.52. The Morgan fingerprint density at radius 2 is 2.26 bits per heavy atom. The summed E-state index contributed by atoms with van der Waals surface area (Å²) in [5, 5.41) is 5.97. The van der Waals surface area contributed by atoms with E-state index in [1.807, 2.05) is 0 Å². The molecule has 0 radical (unpaired) electrons. The lowest BCUT2D eigenvalue weighted by Gasteiger charge is -2.16. The zero-order chi connectivity index (χ0) is 14.0. The number of nitrogens with two attached hydrogens (primary N) is 1. The first kappa shape index (κ1) is 13.1. The van der Waals surface area contributed by atoms with Gasteiger partial charge in [-0.25, -0.2) is 4.39 Å². The van der Waals surface area contributed by atoms with E-state index in [4.69, 9.17) is 5.73 Å². The number of amides is 1. The van der Waals surface area contributed by atoms with Crippen LogP contribution in [0.25, 0.3) is 10.9 Å². The summed E-state index contributed by atoms with van der Waals surface area (Å²) in [5.74, 6) is -0.764. The van der Waals surface area contributed by atoms with E-state index in [0.717, 1.165) is 0 Å². The van der Waals surface area contributed by atoms with Gasteiger partial charge in [0.15, 0.2) is 5.82 Å². The van der Waals surface area contributed by atoms with Crippen LogP contribution in [0.4, 0.5) is 15.8 Å². The summed E-state index contributed by atoms with van der Waals surface area (Å²) in [4.78, 5) is 15.6. The van der Waals surface area contributed by atoms with Crippen LogP contribution in [0.2, 0.25) is 0 Å². The molecule has 1 aromatic heterocycles. The number of rotatable bonds is 3. The van der Waals surface area contributed by atoms with Crippen LogP contribution in [-0.4, -0.2) is 24.0 Å². The van der Waals surface area contributed by atoms with Gasteiger partial charge in [0.05, 0.1) is 11.2 Å². The van der Waals surface area contributed by atoms with Crippen LogP contribution >= 0.6 is 0 Å². The monoisotopic (exact) mass is 262 g/mol. The Labute approximate surface area is 110 Å². The van der Waals surface area contributed by atoms with Gasteiger partial charge >= 0.3 is 0 Å². The van der Waals surface area contributed by atoms with Crippen molar-refractivity contribution in [3.8, 4) is 0 Å². The Morgan fingerprint density at radius 1 is 1.53 bits per heavy atom. The lowest BCUT2D eigenvalue weighted by molar-refractivity contribution is -0.121. The molecule has 0 aliphatic carbocycles. The van der Waals surface area contributed by atoms with E-state index < -0.39 is 11.9 Å². The minimum absolute atomic E-state index is 0.181. The fourth-order valence-electron chi connectivity index (χ4n) is 1.87. The van der Waals surface area contributed by atoms with E-state index in [-0.39, 0.29) is 11.6 Å². The summed E-state index contributed by atoms with van der Waals surface area (Å²) >= 11 is 0. The van der Waals surface area contributed by atoms with Gasteiger partial charge in [0, 0.05) is 24.3 Å².